The molecule has 1 amide bonds. The fourth-order valence-corrected chi connectivity index (χ4v) is 3.08. The van der Waals surface area contributed by atoms with E-state index in [-0.39, 0.29) is 6.42 Å². The number of halogens is 1. The van der Waals surface area contributed by atoms with Crippen LogP contribution in [0.25, 0.3) is 10.9 Å². The summed E-state index contributed by atoms with van der Waals surface area (Å²) in [6.07, 6.45) is 1.74. The second-order valence-electron chi connectivity index (χ2n) is 5.57. The van der Waals surface area contributed by atoms with Gasteiger partial charge in [-0.3, -0.25) is 9.78 Å². The lowest BCUT2D eigenvalue weighted by atomic mass is 10.0. The number of amides is 1. The van der Waals surface area contributed by atoms with E-state index in [0.717, 1.165) is 10.0 Å². The third-order valence-electron chi connectivity index (χ3n) is 3.83. The maximum atomic E-state index is 12.6. The first-order chi connectivity index (χ1) is 12.0. The summed E-state index contributed by atoms with van der Waals surface area (Å²) in [6.45, 7) is 0. The van der Waals surface area contributed by atoms with E-state index in [2.05, 4.69) is 26.2 Å². The van der Waals surface area contributed by atoms with Gasteiger partial charge in [0.05, 0.1) is 11.1 Å². The van der Waals surface area contributed by atoms with Gasteiger partial charge in [-0.15, -0.1) is 0 Å². The Hall–Kier alpha value is -2.73. The molecule has 0 saturated carbocycles. The predicted molar refractivity (Wildman–Crippen MR) is 98.5 cm³/mol. The van der Waals surface area contributed by atoms with Crippen LogP contribution in [0.5, 0.6) is 0 Å². The monoisotopic (exact) mass is 398 g/mol. The molecule has 0 bridgehead atoms. The molecule has 126 valence electrons. The third-order valence-corrected chi connectivity index (χ3v) is 4.32. The quantitative estimate of drug-likeness (QED) is 0.689. The fourth-order valence-electron chi connectivity index (χ4n) is 2.63. The van der Waals surface area contributed by atoms with E-state index in [9.17, 15) is 14.7 Å². The number of nitrogens with zero attached hydrogens (tertiary/aromatic N) is 1. The van der Waals surface area contributed by atoms with Crippen molar-refractivity contribution in [3.05, 3.63) is 76.4 Å². The van der Waals surface area contributed by atoms with Gasteiger partial charge in [0.25, 0.3) is 5.91 Å². The van der Waals surface area contributed by atoms with Crippen LogP contribution in [-0.4, -0.2) is 28.0 Å². The summed E-state index contributed by atoms with van der Waals surface area (Å²) in [7, 11) is 0. The average molecular weight is 399 g/mol. The molecule has 0 aliphatic rings. The van der Waals surface area contributed by atoms with Crippen LogP contribution in [0.3, 0.4) is 0 Å². The van der Waals surface area contributed by atoms with Gasteiger partial charge in [0.2, 0.25) is 0 Å². The van der Waals surface area contributed by atoms with Crippen molar-refractivity contribution in [3.8, 4) is 0 Å². The van der Waals surface area contributed by atoms with Gasteiger partial charge in [-0.25, -0.2) is 4.79 Å². The normalized spacial score (nSPS) is 11.9. The molecule has 0 spiro atoms. The van der Waals surface area contributed by atoms with Crippen LogP contribution in [0, 0.1) is 0 Å². The van der Waals surface area contributed by atoms with Gasteiger partial charge < -0.3 is 10.4 Å². The van der Waals surface area contributed by atoms with Crippen molar-refractivity contribution in [3.63, 3.8) is 0 Å². The molecule has 3 rings (SSSR count). The number of hydrogen-bond acceptors (Lipinski definition) is 3. The standard InChI is InChI=1S/C19H15BrN2O3/c20-13-5-3-4-12(10-13)11-17(19(24)25)22-18(23)15-8-9-21-16-7-2-1-6-14(15)16/h1-10,17H,11H2,(H,22,23)(H,24,25)/t17-/m1/s1. The lowest BCUT2D eigenvalue weighted by Crippen LogP contribution is -2.42. The first-order valence-electron chi connectivity index (χ1n) is 7.66. The molecule has 0 fully saturated rings. The number of para-hydroxylation sites is 1. The second-order valence-corrected chi connectivity index (χ2v) is 6.49. The maximum absolute atomic E-state index is 12.6. The zero-order valence-electron chi connectivity index (χ0n) is 13.1. The molecule has 5 nitrogen and oxygen atoms in total. The fraction of sp³-hybridized carbons (Fsp3) is 0.105. The van der Waals surface area contributed by atoms with E-state index in [1.54, 1.807) is 18.3 Å². The van der Waals surface area contributed by atoms with Crippen LogP contribution in [0.4, 0.5) is 0 Å². The summed E-state index contributed by atoms with van der Waals surface area (Å²) < 4.78 is 0.862. The summed E-state index contributed by atoms with van der Waals surface area (Å²) in [5.74, 6) is -1.51. The largest absolute Gasteiger partial charge is 0.480 e. The highest BCUT2D eigenvalue weighted by Gasteiger charge is 2.22. The molecule has 3 aromatic rings. The molecule has 0 aliphatic heterocycles. The van der Waals surface area contributed by atoms with Gasteiger partial charge >= 0.3 is 5.97 Å². The first kappa shape index (κ1) is 17.1. The van der Waals surface area contributed by atoms with E-state index < -0.39 is 17.9 Å². The van der Waals surface area contributed by atoms with Crippen molar-refractivity contribution in [2.24, 2.45) is 0 Å². The highest BCUT2D eigenvalue weighted by Crippen LogP contribution is 2.17. The summed E-state index contributed by atoms with van der Waals surface area (Å²) in [5.41, 5.74) is 1.92. The Labute approximate surface area is 152 Å². The van der Waals surface area contributed by atoms with Crippen LogP contribution in [0.1, 0.15) is 15.9 Å². The number of benzene rings is 2. The molecule has 0 unspecified atom stereocenters. The van der Waals surface area contributed by atoms with Gasteiger partial charge in [0, 0.05) is 22.5 Å². The van der Waals surface area contributed by atoms with Crippen LogP contribution < -0.4 is 5.32 Å². The zero-order chi connectivity index (χ0) is 17.8. The van der Waals surface area contributed by atoms with Crippen LogP contribution in [0.15, 0.2) is 65.3 Å². The zero-order valence-corrected chi connectivity index (χ0v) is 14.7. The van der Waals surface area contributed by atoms with Crippen molar-refractivity contribution in [1.82, 2.24) is 10.3 Å². The van der Waals surface area contributed by atoms with Gasteiger partial charge in [-0.2, -0.15) is 0 Å². The van der Waals surface area contributed by atoms with Gasteiger partial charge in [0.1, 0.15) is 6.04 Å². The van der Waals surface area contributed by atoms with Crippen molar-refractivity contribution in [1.29, 1.82) is 0 Å². The topological polar surface area (TPSA) is 79.3 Å². The molecule has 6 heteroatoms. The van der Waals surface area contributed by atoms with Crippen molar-refractivity contribution >= 4 is 38.7 Å². The minimum Gasteiger partial charge on any atom is -0.480 e. The molecule has 1 heterocycles. The summed E-state index contributed by atoms with van der Waals surface area (Å²) >= 11 is 3.36. The van der Waals surface area contributed by atoms with Gasteiger partial charge in [-0.05, 0) is 29.8 Å². The molecular formula is C19H15BrN2O3. The number of carbonyl (C=O) groups is 2. The highest BCUT2D eigenvalue weighted by atomic mass is 79.9. The molecule has 0 aliphatic carbocycles. The van der Waals surface area contributed by atoms with Crippen molar-refractivity contribution < 1.29 is 14.7 Å². The number of hydrogen-bond donors (Lipinski definition) is 2. The van der Waals surface area contributed by atoms with Gasteiger partial charge in [-0.1, -0.05) is 46.3 Å². The number of rotatable bonds is 5. The summed E-state index contributed by atoms with van der Waals surface area (Å²) in [5, 5.41) is 12.8. The molecule has 2 aromatic carbocycles. The first-order valence-corrected chi connectivity index (χ1v) is 8.46. The maximum Gasteiger partial charge on any atom is 0.326 e. The van der Waals surface area contributed by atoms with Crippen LogP contribution >= 0.6 is 15.9 Å². The molecule has 1 aromatic heterocycles. The summed E-state index contributed by atoms with van der Waals surface area (Å²) in [4.78, 5) is 28.4. The molecule has 1 atom stereocenters. The number of nitrogens with one attached hydrogen (secondary N) is 1. The van der Waals surface area contributed by atoms with Crippen molar-refractivity contribution in [2.45, 2.75) is 12.5 Å². The second kappa shape index (κ2) is 7.44. The van der Waals surface area contributed by atoms with E-state index in [4.69, 9.17) is 0 Å². The lowest BCUT2D eigenvalue weighted by molar-refractivity contribution is -0.139. The number of aliphatic carboxylic acids is 1. The minimum atomic E-state index is -1.08. The average Bonchev–Trinajstić information content (AvgIpc) is 2.60. The molecule has 25 heavy (non-hydrogen) atoms. The number of fused-ring (bicyclic) bond motifs is 1. The predicted octanol–water partition coefficient (Wildman–Crippen LogP) is 3.42. The van der Waals surface area contributed by atoms with E-state index >= 15 is 0 Å². The Kier molecular flexibility index (Phi) is 5.09. The molecule has 0 radical (unpaired) electrons. The Morgan fingerprint density at radius 1 is 1.12 bits per heavy atom. The number of carboxylic acids is 1. The number of carboxylic acid groups (broad SMARTS) is 1. The Bertz CT molecular complexity index is 937. The van der Waals surface area contributed by atoms with E-state index in [1.807, 2.05) is 42.5 Å². The molecule has 0 saturated heterocycles. The molecule has 2 N–H and O–H groups in total. The van der Waals surface area contributed by atoms with Crippen molar-refractivity contribution in [2.75, 3.05) is 0 Å². The van der Waals surface area contributed by atoms with Gasteiger partial charge in [0.15, 0.2) is 0 Å². The van der Waals surface area contributed by atoms with Crippen LogP contribution in [0.2, 0.25) is 0 Å². The third kappa shape index (κ3) is 4.03. The number of carbonyl (C=O) groups excluding carboxylic acids is 1. The number of aromatic nitrogens is 1. The van der Waals surface area contributed by atoms with E-state index in [0.29, 0.717) is 16.5 Å². The Balaban J connectivity index is 1.84. The highest BCUT2D eigenvalue weighted by molar-refractivity contribution is 9.10. The smallest absolute Gasteiger partial charge is 0.326 e. The van der Waals surface area contributed by atoms with E-state index in [1.165, 1.54) is 0 Å². The minimum absolute atomic E-state index is 0.198. The summed E-state index contributed by atoms with van der Waals surface area (Å²) in [6, 6.07) is 15.2. The lowest BCUT2D eigenvalue weighted by Gasteiger charge is -2.15. The molecular weight excluding hydrogens is 384 g/mol. The SMILES string of the molecule is O=C(N[C@H](Cc1cccc(Br)c1)C(=O)O)c1ccnc2ccccc12. The Morgan fingerprint density at radius 2 is 1.92 bits per heavy atom. The number of pyridine rings is 1. The van der Waals surface area contributed by atoms with Crippen LogP contribution in [-0.2, 0) is 11.2 Å². The Morgan fingerprint density at radius 3 is 2.68 bits per heavy atom.